The Hall–Kier alpha value is -1.65. The fourth-order valence-electron chi connectivity index (χ4n) is 2.08. The number of halogens is 3. The fraction of sp³-hybridized carbons (Fsp3) is 0.250. The Morgan fingerprint density at radius 1 is 1.19 bits per heavy atom. The first-order valence-electron chi connectivity index (χ1n) is 6.52. The normalized spacial score (nSPS) is 12.2. The van der Waals surface area contributed by atoms with Crippen LogP contribution in [0, 0.1) is 11.6 Å². The molecule has 112 valence electrons. The molecule has 0 saturated carbocycles. The maximum atomic E-state index is 13.8. The topological polar surface area (TPSA) is 29.5 Å². The zero-order valence-electron chi connectivity index (χ0n) is 11.4. The average Bonchev–Trinajstić information content (AvgIpc) is 2.44. The van der Waals surface area contributed by atoms with Crippen LogP contribution in [0.1, 0.15) is 24.2 Å². The first-order chi connectivity index (χ1) is 10.0. The third kappa shape index (κ3) is 3.71. The molecule has 0 spiro atoms. The summed E-state index contributed by atoms with van der Waals surface area (Å²) in [4.78, 5) is 0. The highest BCUT2D eigenvalue weighted by atomic mass is 35.5. The van der Waals surface area contributed by atoms with E-state index in [1.165, 1.54) is 0 Å². The van der Waals surface area contributed by atoms with E-state index in [1.807, 2.05) is 6.07 Å². The van der Waals surface area contributed by atoms with Crippen LogP contribution < -0.4 is 4.74 Å². The van der Waals surface area contributed by atoms with Gasteiger partial charge >= 0.3 is 0 Å². The van der Waals surface area contributed by atoms with Crippen molar-refractivity contribution in [1.29, 1.82) is 0 Å². The van der Waals surface area contributed by atoms with Gasteiger partial charge in [-0.1, -0.05) is 23.7 Å². The molecule has 1 atom stereocenters. The molecule has 0 bridgehead atoms. The summed E-state index contributed by atoms with van der Waals surface area (Å²) < 4.78 is 32.9. The second-order valence-corrected chi connectivity index (χ2v) is 5.02. The molecule has 2 aromatic carbocycles. The Balaban J connectivity index is 2.24. The number of aliphatic hydroxyl groups is 1. The molecule has 0 fully saturated rings. The lowest BCUT2D eigenvalue weighted by Crippen LogP contribution is -2.07. The Labute approximate surface area is 126 Å². The highest BCUT2D eigenvalue weighted by Gasteiger charge is 2.19. The molecular weight excluding hydrogens is 298 g/mol. The molecule has 2 aromatic rings. The highest BCUT2D eigenvalue weighted by Crippen LogP contribution is 2.31. The molecule has 1 N–H and O–H groups in total. The van der Waals surface area contributed by atoms with Gasteiger partial charge < -0.3 is 9.84 Å². The van der Waals surface area contributed by atoms with Crippen molar-refractivity contribution < 1.29 is 18.6 Å². The zero-order chi connectivity index (χ0) is 15.4. The summed E-state index contributed by atoms with van der Waals surface area (Å²) in [5.74, 6) is -0.786. The van der Waals surface area contributed by atoms with Gasteiger partial charge in [0, 0.05) is 12.2 Å². The van der Waals surface area contributed by atoms with Crippen molar-refractivity contribution in [3.63, 3.8) is 0 Å². The van der Waals surface area contributed by atoms with Crippen LogP contribution in [-0.2, 0) is 6.42 Å². The quantitative estimate of drug-likeness (QED) is 0.834. The lowest BCUT2D eigenvalue weighted by molar-refractivity contribution is 0.220. The van der Waals surface area contributed by atoms with E-state index >= 15 is 0 Å². The van der Waals surface area contributed by atoms with Crippen molar-refractivity contribution in [2.24, 2.45) is 0 Å². The number of aliphatic hydroxyl groups excluding tert-OH is 1. The predicted molar refractivity (Wildman–Crippen MR) is 77.6 cm³/mol. The maximum Gasteiger partial charge on any atom is 0.142 e. The van der Waals surface area contributed by atoms with Gasteiger partial charge in [0.15, 0.2) is 0 Å². The minimum absolute atomic E-state index is 0.00997. The zero-order valence-corrected chi connectivity index (χ0v) is 12.2. The lowest BCUT2D eigenvalue weighted by atomic mass is 10.1. The second kappa shape index (κ2) is 6.87. The van der Waals surface area contributed by atoms with Crippen molar-refractivity contribution in [3.8, 4) is 5.75 Å². The van der Waals surface area contributed by atoms with Crippen molar-refractivity contribution in [1.82, 2.24) is 0 Å². The van der Waals surface area contributed by atoms with Crippen LogP contribution in [0.3, 0.4) is 0 Å². The van der Waals surface area contributed by atoms with Gasteiger partial charge in [0.05, 0.1) is 5.02 Å². The molecule has 2 rings (SSSR count). The Kier molecular flexibility index (Phi) is 5.15. The summed E-state index contributed by atoms with van der Waals surface area (Å²) in [6.07, 6.45) is -0.238. The van der Waals surface area contributed by atoms with E-state index < -0.39 is 17.7 Å². The lowest BCUT2D eigenvalue weighted by Gasteiger charge is -2.18. The van der Waals surface area contributed by atoms with Crippen LogP contribution >= 0.6 is 11.6 Å². The van der Waals surface area contributed by atoms with Crippen molar-refractivity contribution in [3.05, 3.63) is 64.2 Å². The average molecular weight is 313 g/mol. The fourth-order valence-corrected chi connectivity index (χ4v) is 2.39. The molecule has 0 saturated heterocycles. The van der Waals surface area contributed by atoms with Crippen LogP contribution in [0.15, 0.2) is 36.4 Å². The largest absolute Gasteiger partial charge is 0.486 e. The van der Waals surface area contributed by atoms with Gasteiger partial charge in [0.2, 0.25) is 0 Å². The number of benzene rings is 2. The van der Waals surface area contributed by atoms with Gasteiger partial charge in [-0.25, -0.2) is 8.78 Å². The molecule has 0 aliphatic heterocycles. The van der Waals surface area contributed by atoms with E-state index in [0.717, 1.165) is 17.7 Å². The minimum Gasteiger partial charge on any atom is -0.486 e. The summed E-state index contributed by atoms with van der Waals surface area (Å²) in [6.45, 7) is 1.63. The molecule has 0 aliphatic carbocycles. The Bertz CT molecular complexity index is 632. The van der Waals surface area contributed by atoms with Crippen LogP contribution in [0.2, 0.25) is 5.02 Å². The maximum absolute atomic E-state index is 13.8. The summed E-state index contributed by atoms with van der Waals surface area (Å²) in [7, 11) is 0. The summed E-state index contributed by atoms with van der Waals surface area (Å²) in [5, 5.41) is 8.65. The van der Waals surface area contributed by atoms with Crippen LogP contribution in [0.5, 0.6) is 5.75 Å². The minimum atomic E-state index is -0.738. The molecule has 1 unspecified atom stereocenters. The van der Waals surface area contributed by atoms with Gasteiger partial charge in [-0.2, -0.15) is 0 Å². The third-order valence-corrected chi connectivity index (χ3v) is 3.48. The van der Waals surface area contributed by atoms with Crippen LogP contribution in [0.25, 0.3) is 0 Å². The number of hydrogen-bond donors (Lipinski definition) is 1. The third-order valence-electron chi connectivity index (χ3n) is 3.10. The van der Waals surface area contributed by atoms with Crippen LogP contribution in [-0.4, -0.2) is 11.7 Å². The van der Waals surface area contributed by atoms with E-state index in [1.54, 1.807) is 25.1 Å². The number of hydrogen-bond acceptors (Lipinski definition) is 2. The molecule has 0 amide bonds. The molecule has 21 heavy (non-hydrogen) atoms. The first-order valence-corrected chi connectivity index (χ1v) is 6.90. The van der Waals surface area contributed by atoms with Crippen molar-refractivity contribution in [2.75, 3.05) is 6.61 Å². The predicted octanol–water partition coefficient (Wildman–Crippen LogP) is 4.29. The molecule has 5 heteroatoms. The molecular formula is C16H15ClF2O2. The van der Waals surface area contributed by atoms with Crippen LogP contribution in [0.4, 0.5) is 8.78 Å². The van der Waals surface area contributed by atoms with Gasteiger partial charge in [-0.3, -0.25) is 0 Å². The van der Waals surface area contributed by atoms with E-state index in [4.69, 9.17) is 21.4 Å². The van der Waals surface area contributed by atoms with E-state index in [0.29, 0.717) is 12.2 Å². The summed E-state index contributed by atoms with van der Waals surface area (Å²) >= 11 is 5.81. The SMILES string of the molecule is CC(Oc1cccc(CCO)c1)c1c(F)ccc(F)c1Cl. The standard InChI is InChI=1S/C16H15ClF2O2/c1-10(15-13(18)5-6-14(19)16(15)17)21-12-4-2-3-11(9-12)7-8-20/h2-6,9-10,20H,7-8H2,1H3. The molecule has 0 radical (unpaired) electrons. The highest BCUT2D eigenvalue weighted by molar-refractivity contribution is 6.31. The van der Waals surface area contributed by atoms with E-state index in [2.05, 4.69) is 0 Å². The van der Waals surface area contributed by atoms with Gasteiger partial charge in [0.25, 0.3) is 0 Å². The van der Waals surface area contributed by atoms with Crippen molar-refractivity contribution in [2.45, 2.75) is 19.4 Å². The summed E-state index contributed by atoms with van der Waals surface area (Å²) in [6, 6.07) is 9.09. The van der Waals surface area contributed by atoms with E-state index in [9.17, 15) is 8.78 Å². The Morgan fingerprint density at radius 2 is 1.90 bits per heavy atom. The van der Waals surface area contributed by atoms with Gasteiger partial charge in [0.1, 0.15) is 23.5 Å². The number of rotatable bonds is 5. The second-order valence-electron chi connectivity index (χ2n) is 4.64. The van der Waals surface area contributed by atoms with E-state index in [-0.39, 0.29) is 17.2 Å². The summed E-state index contributed by atoms with van der Waals surface area (Å²) in [5.41, 5.74) is 0.886. The smallest absolute Gasteiger partial charge is 0.142 e. The molecule has 0 aromatic heterocycles. The van der Waals surface area contributed by atoms with Gasteiger partial charge in [-0.15, -0.1) is 0 Å². The monoisotopic (exact) mass is 312 g/mol. The number of ether oxygens (including phenoxy) is 1. The first kappa shape index (κ1) is 15.7. The molecule has 0 aliphatic rings. The van der Waals surface area contributed by atoms with Gasteiger partial charge in [-0.05, 0) is 43.2 Å². The Morgan fingerprint density at radius 3 is 2.62 bits per heavy atom. The van der Waals surface area contributed by atoms with Crippen molar-refractivity contribution >= 4 is 11.6 Å². The molecule has 2 nitrogen and oxygen atoms in total. The molecule has 0 heterocycles.